The van der Waals surface area contributed by atoms with Gasteiger partial charge in [-0.1, -0.05) is 0 Å². The number of nitrogens with two attached hydrogens (primary N) is 1. The average molecular weight is 213 g/mol. The third kappa shape index (κ3) is 1.46. The molecule has 1 nitrogen and oxygen atoms in total. The van der Waals surface area contributed by atoms with Gasteiger partial charge in [0.1, 0.15) is 0 Å². The Hall–Kier alpha value is -1.16. The van der Waals surface area contributed by atoms with E-state index in [1.54, 1.807) is 6.07 Å². The quantitative estimate of drug-likeness (QED) is 0.717. The number of aryl methyl sites for hydroxylation is 1. The summed E-state index contributed by atoms with van der Waals surface area (Å²) in [5.41, 5.74) is 5.98. The minimum absolute atomic E-state index is 0.0399. The second-order valence-electron chi connectivity index (χ2n) is 3.19. The van der Waals surface area contributed by atoms with Crippen LogP contribution in [0.4, 0.5) is 14.5 Å². The number of anilines is 1. The SMILES string of the molecule is Cc1cc2cc(N)cc(C(F)F)c2s1. The smallest absolute Gasteiger partial charge is 0.265 e. The van der Waals surface area contributed by atoms with Crippen LogP contribution in [0.1, 0.15) is 16.9 Å². The maximum Gasteiger partial charge on any atom is 0.265 e. The van der Waals surface area contributed by atoms with Crippen molar-refractivity contribution in [1.82, 2.24) is 0 Å². The molecule has 0 aliphatic rings. The van der Waals surface area contributed by atoms with Crippen LogP contribution < -0.4 is 5.73 Å². The van der Waals surface area contributed by atoms with Gasteiger partial charge in [0.25, 0.3) is 6.43 Å². The summed E-state index contributed by atoms with van der Waals surface area (Å²) in [6, 6.07) is 4.95. The zero-order valence-electron chi connectivity index (χ0n) is 7.55. The number of hydrogen-bond acceptors (Lipinski definition) is 2. The van der Waals surface area contributed by atoms with E-state index < -0.39 is 6.43 Å². The summed E-state index contributed by atoms with van der Waals surface area (Å²) in [5.74, 6) is 0. The van der Waals surface area contributed by atoms with E-state index in [0.29, 0.717) is 10.4 Å². The van der Waals surface area contributed by atoms with Crippen molar-refractivity contribution in [2.45, 2.75) is 13.3 Å². The van der Waals surface area contributed by atoms with Gasteiger partial charge in [0, 0.05) is 20.8 Å². The molecular weight excluding hydrogens is 204 g/mol. The lowest BCUT2D eigenvalue weighted by Crippen LogP contribution is -1.89. The number of alkyl halides is 2. The van der Waals surface area contributed by atoms with Gasteiger partial charge >= 0.3 is 0 Å². The Kier molecular flexibility index (Phi) is 2.15. The Bertz CT molecular complexity index is 476. The van der Waals surface area contributed by atoms with E-state index in [2.05, 4.69) is 0 Å². The third-order valence-electron chi connectivity index (χ3n) is 2.03. The number of fused-ring (bicyclic) bond motifs is 1. The lowest BCUT2D eigenvalue weighted by Gasteiger charge is -2.02. The highest BCUT2D eigenvalue weighted by molar-refractivity contribution is 7.19. The molecule has 74 valence electrons. The number of benzene rings is 1. The molecule has 0 saturated heterocycles. The summed E-state index contributed by atoms with van der Waals surface area (Å²) in [5, 5.41) is 0.808. The van der Waals surface area contributed by atoms with E-state index in [1.807, 2.05) is 13.0 Å². The summed E-state index contributed by atoms with van der Waals surface area (Å²) < 4.78 is 25.9. The van der Waals surface area contributed by atoms with E-state index in [4.69, 9.17) is 5.73 Å². The second-order valence-corrected chi connectivity index (χ2v) is 4.44. The fraction of sp³-hybridized carbons (Fsp3) is 0.200. The molecule has 0 radical (unpaired) electrons. The van der Waals surface area contributed by atoms with Crippen molar-refractivity contribution in [3.05, 3.63) is 28.6 Å². The van der Waals surface area contributed by atoms with Crippen molar-refractivity contribution in [2.75, 3.05) is 5.73 Å². The molecule has 1 aromatic heterocycles. The number of rotatable bonds is 1. The first-order chi connectivity index (χ1) is 6.58. The minimum Gasteiger partial charge on any atom is -0.399 e. The topological polar surface area (TPSA) is 26.0 Å². The summed E-state index contributed by atoms with van der Waals surface area (Å²) in [7, 11) is 0. The molecule has 0 bridgehead atoms. The Morgan fingerprint density at radius 3 is 2.64 bits per heavy atom. The minimum atomic E-state index is -2.46. The van der Waals surface area contributed by atoms with Crippen molar-refractivity contribution in [1.29, 1.82) is 0 Å². The van der Waals surface area contributed by atoms with Gasteiger partial charge < -0.3 is 5.73 Å². The zero-order valence-corrected chi connectivity index (χ0v) is 8.37. The first-order valence-corrected chi connectivity index (χ1v) is 4.97. The molecule has 0 fully saturated rings. The highest BCUT2D eigenvalue weighted by atomic mass is 32.1. The number of halogens is 2. The lowest BCUT2D eigenvalue weighted by molar-refractivity contribution is 0.153. The molecule has 0 unspecified atom stereocenters. The van der Waals surface area contributed by atoms with E-state index in [0.717, 1.165) is 10.3 Å². The van der Waals surface area contributed by atoms with Crippen molar-refractivity contribution in [2.24, 2.45) is 0 Å². The van der Waals surface area contributed by atoms with Gasteiger partial charge in [0.15, 0.2) is 0 Å². The molecule has 0 amide bonds. The van der Waals surface area contributed by atoms with Crippen molar-refractivity contribution in [3.63, 3.8) is 0 Å². The van der Waals surface area contributed by atoms with Gasteiger partial charge in [0.2, 0.25) is 0 Å². The molecule has 0 aliphatic heterocycles. The van der Waals surface area contributed by atoms with Crippen LogP contribution in [-0.2, 0) is 0 Å². The van der Waals surface area contributed by atoms with Crippen LogP contribution in [0.5, 0.6) is 0 Å². The summed E-state index contributed by atoms with van der Waals surface area (Å²) in [6.45, 7) is 1.90. The molecule has 1 heterocycles. The van der Waals surface area contributed by atoms with Crippen LogP contribution in [0, 0.1) is 6.92 Å². The third-order valence-corrected chi connectivity index (χ3v) is 3.14. The van der Waals surface area contributed by atoms with Crippen molar-refractivity contribution in [3.8, 4) is 0 Å². The van der Waals surface area contributed by atoms with Gasteiger partial charge in [-0.15, -0.1) is 11.3 Å². The molecule has 0 spiro atoms. The average Bonchev–Trinajstić information content (AvgIpc) is 2.42. The molecule has 2 aromatic rings. The predicted octanol–water partition coefficient (Wildman–Crippen LogP) is 3.73. The lowest BCUT2D eigenvalue weighted by atomic mass is 10.1. The van der Waals surface area contributed by atoms with E-state index in [9.17, 15) is 8.78 Å². The van der Waals surface area contributed by atoms with Crippen LogP contribution >= 0.6 is 11.3 Å². The van der Waals surface area contributed by atoms with Crippen LogP contribution in [0.3, 0.4) is 0 Å². The van der Waals surface area contributed by atoms with Gasteiger partial charge in [0.05, 0.1) is 0 Å². The highest BCUT2D eigenvalue weighted by Gasteiger charge is 2.14. The number of nitrogen functional groups attached to an aromatic ring is 1. The van der Waals surface area contributed by atoms with Gasteiger partial charge in [-0.3, -0.25) is 0 Å². The first kappa shape index (κ1) is 9.40. The molecule has 0 aliphatic carbocycles. The molecular formula is C10H9F2NS. The predicted molar refractivity (Wildman–Crippen MR) is 55.9 cm³/mol. The van der Waals surface area contributed by atoms with Crippen LogP contribution in [-0.4, -0.2) is 0 Å². The monoisotopic (exact) mass is 213 g/mol. The Morgan fingerprint density at radius 2 is 2.00 bits per heavy atom. The van der Waals surface area contributed by atoms with Gasteiger partial charge in [-0.25, -0.2) is 8.78 Å². The normalized spacial score (nSPS) is 11.4. The van der Waals surface area contributed by atoms with Crippen LogP contribution in [0.15, 0.2) is 18.2 Å². The summed E-state index contributed by atoms with van der Waals surface area (Å²) in [6.07, 6.45) is -2.46. The van der Waals surface area contributed by atoms with Crippen LogP contribution in [0.2, 0.25) is 0 Å². The fourth-order valence-corrected chi connectivity index (χ4v) is 2.50. The molecule has 2 rings (SSSR count). The van der Waals surface area contributed by atoms with E-state index in [-0.39, 0.29) is 5.56 Å². The van der Waals surface area contributed by atoms with Gasteiger partial charge in [-0.2, -0.15) is 0 Å². The Morgan fingerprint density at radius 1 is 1.29 bits per heavy atom. The molecule has 0 saturated carbocycles. The Labute approximate surface area is 84.2 Å². The van der Waals surface area contributed by atoms with E-state index in [1.165, 1.54) is 17.4 Å². The standard InChI is InChI=1S/C10H9F2NS/c1-5-2-6-3-7(13)4-8(10(11)12)9(6)14-5/h2-4,10H,13H2,1H3. The molecule has 4 heteroatoms. The number of hydrogen-bond donors (Lipinski definition) is 1. The van der Waals surface area contributed by atoms with Gasteiger partial charge in [-0.05, 0) is 30.5 Å². The number of thiophene rings is 1. The molecule has 1 aromatic carbocycles. The highest BCUT2D eigenvalue weighted by Crippen LogP contribution is 2.35. The molecule has 2 N–H and O–H groups in total. The maximum atomic E-state index is 12.6. The van der Waals surface area contributed by atoms with Crippen LogP contribution in [0.25, 0.3) is 10.1 Å². The first-order valence-electron chi connectivity index (χ1n) is 4.15. The largest absolute Gasteiger partial charge is 0.399 e. The van der Waals surface area contributed by atoms with Crippen molar-refractivity contribution < 1.29 is 8.78 Å². The van der Waals surface area contributed by atoms with E-state index >= 15 is 0 Å². The van der Waals surface area contributed by atoms with Crippen molar-refractivity contribution >= 4 is 27.1 Å². The second kappa shape index (κ2) is 3.20. The summed E-state index contributed by atoms with van der Waals surface area (Å²) >= 11 is 1.38. The Balaban J connectivity index is 2.79. The fourth-order valence-electron chi connectivity index (χ4n) is 1.50. The molecule has 14 heavy (non-hydrogen) atoms. The zero-order chi connectivity index (χ0) is 10.3. The maximum absolute atomic E-state index is 12.6. The molecule has 0 atom stereocenters. The summed E-state index contributed by atoms with van der Waals surface area (Å²) in [4.78, 5) is 1.02.